The summed E-state index contributed by atoms with van der Waals surface area (Å²) in [5, 5.41) is 14.6. The highest BCUT2D eigenvalue weighted by molar-refractivity contribution is 5.95. The molecule has 3 aromatic rings. The van der Waals surface area contributed by atoms with E-state index in [1.807, 2.05) is 10.9 Å². The third-order valence-corrected chi connectivity index (χ3v) is 9.58. The maximum Gasteiger partial charge on any atom is 0.230 e. The van der Waals surface area contributed by atoms with Crippen molar-refractivity contribution >= 4 is 11.6 Å². The molecule has 1 amide bonds. The van der Waals surface area contributed by atoms with Crippen molar-refractivity contribution in [2.75, 3.05) is 31.8 Å². The van der Waals surface area contributed by atoms with Gasteiger partial charge in [0.2, 0.25) is 5.91 Å². The normalized spacial score (nSPS) is 25.0. The van der Waals surface area contributed by atoms with Crippen LogP contribution in [0.15, 0.2) is 54.9 Å². The lowest BCUT2D eigenvalue weighted by Crippen LogP contribution is -2.41. The zero-order valence-corrected chi connectivity index (χ0v) is 24.4. The Bertz CT molecular complexity index is 1330. The van der Waals surface area contributed by atoms with Gasteiger partial charge in [-0.1, -0.05) is 24.3 Å². The molecule has 0 radical (unpaired) electrons. The van der Waals surface area contributed by atoms with Crippen LogP contribution in [0.25, 0.3) is 11.1 Å². The molecule has 2 saturated carbocycles. The number of aliphatic hydroxyl groups excluding tert-OH is 1. The van der Waals surface area contributed by atoms with Crippen molar-refractivity contribution < 1.29 is 19.4 Å². The molecule has 41 heavy (non-hydrogen) atoms. The molecule has 2 aromatic carbocycles. The van der Waals surface area contributed by atoms with E-state index in [-0.39, 0.29) is 17.9 Å². The van der Waals surface area contributed by atoms with Crippen molar-refractivity contribution in [3.8, 4) is 16.9 Å². The van der Waals surface area contributed by atoms with E-state index in [0.717, 1.165) is 67.6 Å². The maximum absolute atomic E-state index is 14.1. The average Bonchev–Trinajstić information content (AvgIpc) is 3.45. The first kappa shape index (κ1) is 28.0. The summed E-state index contributed by atoms with van der Waals surface area (Å²) >= 11 is 0. The Morgan fingerprint density at radius 1 is 1.02 bits per heavy atom. The molecule has 218 valence electrons. The highest BCUT2D eigenvalue weighted by Crippen LogP contribution is 2.39. The topological polar surface area (TPSA) is 76.8 Å². The first-order valence-electron chi connectivity index (χ1n) is 15.3. The van der Waals surface area contributed by atoms with Gasteiger partial charge in [-0.25, -0.2) is 0 Å². The Hall–Kier alpha value is -3.16. The second-order valence-corrected chi connectivity index (χ2v) is 12.4. The minimum absolute atomic E-state index is 0.0259. The number of rotatable bonds is 8. The molecular formula is C34H43N3O4. The molecule has 1 aromatic heterocycles. The predicted octanol–water partition coefficient (Wildman–Crippen LogP) is 6.30. The molecule has 2 heterocycles. The van der Waals surface area contributed by atoms with Gasteiger partial charge >= 0.3 is 0 Å². The smallest absolute Gasteiger partial charge is 0.230 e. The highest BCUT2D eigenvalue weighted by Gasteiger charge is 2.32. The molecule has 0 atom stereocenters. The second kappa shape index (κ2) is 12.4. The van der Waals surface area contributed by atoms with Gasteiger partial charge in [-0.2, -0.15) is 5.10 Å². The lowest BCUT2D eigenvalue weighted by molar-refractivity contribution is -0.124. The fourth-order valence-corrected chi connectivity index (χ4v) is 6.87. The fraction of sp³-hybridized carbons (Fsp3) is 0.529. The van der Waals surface area contributed by atoms with Crippen LogP contribution in [-0.4, -0.2) is 53.8 Å². The summed E-state index contributed by atoms with van der Waals surface area (Å²) in [6.07, 6.45) is 11.2. The number of aryl methyl sites for hydroxylation is 1. The lowest BCUT2D eigenvalue weighted by atomic mass is 9.78. The van der Waals surface area contributed by atoms with Gasteiger partial charge in [0, 0.05) is 29.9 Å². The number of nitrogens with zero attached hydrogens (tertiary/aromatic N) is 3. The van der Waals surface area contributed by atoms with Crippen LogP contribution in [0.5, 0.6) is 5.75 Å². The minimum atomic E-state index is -0.273. The average molecular weight is 558 g/mol. The second-order valence-electron chi connectivity index (χ2n) is 12.4. The Balaban J connectivity index is 1.19. The summed E-state index contributed by atoms with van der Waals surface area (Å²) < 4.78 is 12.8. The maximum atomic E-state index is 14.1. The van der Waals surface area contributed by atoms with Crippen LogP contribution in [0.1, 0.15) is 74.5 Å². The van der Waals surface area contributed by atoms with Crippen molar-refractivity contribution in [1.29, 1.82) is 0 Å². The van der Waals surface area contributed by atoms with Crippen LogP contribution in [0.2, 0.25) is 0 Å². The van der Waals surface area contributed by atoms with Crippen LogP contribution in [0, 0.1) is 18.8 Å². The number of aromatic nitrogens is 2. The number of carbonyl (C=O) groups excluding carboxylic acids is 1. The predicted molar refractivity (Wildman–Crippen MR) is 160 cm³/mol. The summed E-state index contributed by atoms with van der Waals surface area (Å²) in [5.74, 6) is 2.15. The van der Waals surface area contributed by atoms with Crippen molar-refractivity contribution in [2.24, 2.45) is 11.8 Å². The van der Waals surface area contributed by atoms with Gasteiger partial charge in [0.25, 0.3) is 0 Å². The number of hydrogen-bond donors (Lipinski definition) is 1. The lowest BCUT2D eigenvalue weighted by Gasteiger charge is -2.36. The minimum Gasteiger partial charge on any atom is -0.496 e. The third-order valence-electron chi connectivity index (χ3n) is 9.58. The van der Waals surface area contributed by atoms with Crippen LogP contribution in [0.3, 0.4) is 0 Å². The molecule has 1 aliphatic heterocycles. The molecule has 7 heteroatoms. The van der Waals surface area contributed by atoms with E-state index in [1.54, 1.807) is 7.11 Å². The number of anilines is 1. The number of ether oxygens (including phenoxy) is 2. The van der Waals surface area contributed by atoms with Crippen molar-refractivity contribution in [1.82, 2.24) is 9.78 Å². The Morgan fingerprint density at radius 3 is 2.49 bits per heavy atom. The van der Waals surface area contributed by atoms with Crippen LogP contribution in [-0.2, 0) is 9.53 Å². The van der Waals surface area contributed by atoms with Gasteiger partial charge in [0.15, 0.2) is 0 Å². The first-order chi connectivity index (χ1) is 20.0. The van der Waals surface area contributed by atoms with Gasteiger partial charge < -0.3 is 19.5 Å². The Morgan fingerprint density at radius 2 is 1.80 bits per heavy atom. The Kier molecular flexibility index (Phi) is 8.45. The zero-order chi connectivity index (χ0) is 28.3. The summed E-state index contributed by atoms with van der Waals surface area (Å²) in [5.41, 5.74) is 5.68. The van der Waals surface area contributed by atoms with E-state index >= 15 is 0 Å². The number of carbonyl (C=O) groups is 1. The standard InChI is InChI=1S/C34H43N3O4/c1-23-16-28(12-15-33(23)40-2)25-8-6-24(7-9-25)19-36(34(39)26-10-13-32(38)14-11-26)30-5-3-4-27(17-30)29-18-35-37(20-29)31-21-41-22-31/h3-5,12,15-18,20,24-26,31-32,38H,6-11,13-14,19,21-22H2,1-2H3. The molecule has 7 nitrogen and oxygen atoms in total. The molecule has 0 spiro atoms. The summed E-state index contributed by atoms with van der Waals surface area (Å²) in [6.45, 7) is 4.27. The summed E-state index contributed by atoms with van der Waals surface area (Å²) in [7, 11) is 1.73. The van der Waals surface area contributed by atoms with E-state index in [0.29, 0.717) is 43.9 Å². The highest BCUT2D eigenvalue weighted by atomic mass is 16.5. The number of methoxy groups -OCH3 is 1. The largest absolute Gasteiger partial charge is 0.496 e. The zero-order valence-electron chi connectivity index (χ0n) is 24.4. The molecule has 1 N–H and O–H groups in total. The van der Waals surface area contributed by atoms with Gasteiger partial charge in [-0.15, -0.1) is 0 Å². The fourth-order valence-electron chi connectivity index (χ4n) is 6.87. The number of benzene rings is 2. The number of hydrogen-bond acceptors (Lipinski definition) is 5. The molecule has 0 bridgehead atoms. The van der Waals surface area contributed by atoms with E-state index in [1.165, 1.54) is 11.1 Å². The monoisotopic (exact) mass is 557 g/mol. The molecule has 1 saturated heterocycles. The molecule has 2 aliphatic carbocycles. The van der Waals surface area contributed by atoms with E-state index < -0.39 is 0 Å². The summed E-state index contributed by atoms with van der Waals surface area (Å²) in [6, 6.07) is 15.3. The Labute approximate surface area is 243 Å². The molecule has 6 rings (SSSR count). The van der Waals surface area contributed by atoms with Gasteiger partial charge in [-0.3, -0.25) is 9.48 Å². The van der Waals surface area contributed by atoms with E-state index in [4.69, 9.17) is 9.47 Å². The van der Waals surface area contributed by atoms with Crippen molar-refractivity contribution in [3.63, 3.8) is 0 Å². The molecule has 3 aliphatic rings. The van der Waals surface area contributed by atoms with Crippen LogP contribution >= 0.6 is 0 Å². The van der Waals surface area contributed by atoms with Gasteiger partial charge in [0.1, 0.15) is 5.75 Å². The van der Waals surface area contributed by atoms with Crippen molar-refractivity contribution in [3.05, 3.63) is 66.0 Å². The van der Waals surface area contributed by atoms with E-state index in [2.05, 4.69) is 65.6 Å². The van der Waals surface area contributed by atoms with E-state index in [9.17, 15) is 9.90 Å². The van der Waals surface area contributed by atoms with Gasteiger partial charge in [-0.05, 0) is 105 Å². The molecule has 3 fully saturated rings. The molecular weight excluding hydrogens is 514 g/mol. The summed E-state index contributed by atoms with van der Waals surface area (Å²) in [4.78, 5) is 16.1. The van der Waals surface area contributed by atoms with Crippen molar-refractivity contribution in [2.45, 2.75) is 76.4 Å². The number of aliphatic hydroxyl groups is 1. The van der Waals surface area contributed by atoms with Gasteiger partial charge in [0.05, 0.1) is 38.7 Å². The van der Waals surface area contributed by atoms with Crippen LogP contribution in [0.4, 0.5) is 5.69 Å². The SMILES string of the molecule is COc1ccc(C2CCC(CN(C(=O)C3CCC(O)CC3)c3cccc(-c4cnn(C5COC5)c4)c3)CC2)cc1C. The molecule has 0 unspecified atom stereocenters. The van der Waals surface area contributed by atoms with Crippen LogP contribution < -0.4 is 9.64 Å². The third kappa shape index (κ3) is 6.21. The quantitative estimate of drug-likeness (QED) is 0.352. The number of amides is 1. The first-order valence-corrected chi connectivity index (χ1v) is 15.3.